The molecule has 1 heterocycles. The first-order valence-corrected chi connectivity index (χ1v) is 12.2. The normalized spacial score (nSPS) is 25.6. The number of likely N-dealkylation sites (N-methyl/N-ethyl adjacent to an activating group) is 2. The summed E-state index contributed by atoms with van der Waals surface area (Å²) in [6.07, 6.45) is 10.7. The van der Waals surface area contributed by atoms with Gasteiger partial charge in [0.05, 0.1) is 0 Å². The Morgan fingerprint density at radius 2 is 1.54 bits per heavy atom. The van der Waals surface area contributed by atoms with Crippen molar-refractivity contribution in [3.8, 4) is 11.5 Å². The molecule has 28 heavy (non-hydrogen) atoms. The van der Waals surface area contributed by atoms with E-state index in [1.54, 1.807) is 0 Å². The van der Waals surface area contributed by atoms with E-state index >= 15 is 0 Å². The van der Waals surface area contributed by atoms with E-state index in [4.69, 9.17) is 4.74 Å². The van der Waals surface area contributed by atoms with Gasteiger partial charge in [0.2, 0.25) is 0 Å². The summed E-state index contributed by atoms with van der Waals surface area (Å²) in [5, 5.41) is 0. The Kier molecular flexibility index (Phi) is 6.67. The summed E-state index contributed by atoms with van der Waals surface area (Å²) in [7, 11) is 4.66. The first-order valence-electron chi connectivity index (χ1n) is 10.8. The molecule has 2 aliphatic rings. The first kappa shape index (κ1) is 19.9. The van der Waals surface area contributed by atoms with Crippen LogP contribution in [0.5, 0.6) is 11.5 Å². The quantitative estimate of drug-likeness (QED) is 0.403. The topological polar surface area (TPSA) is 15.7 Å². The molecule has 3 nitrogen and oxygen atoms in total. The van der Waals surface area contributed by atoms with Crippen molar-refractivity contribution in [1.29, 1.82) is 0 Å². The van der Waals surface area contributed by atoms with Crippen LogP contribution in [-0.4, -0.2) is 41.7 Å². The van der Waals surface area contributed by atoms with E-state index < -0.39 is 0 Å². The van der Waals surface area contributed by atoms with Crippen LogP contribution >= 0.6 is 8.22 Å². The molecule has 0 spiro atoms. The van der Waals surface area contributed by atoms with Crippen LogP contribution in [0.25, 0.3) is 0 Å². The van der Waals surface area contributed by atoms with E-state index in [0.29, 0.717) is 0 Å². The van der Waals surface area contributed by atoms with E-state index in [9.17, 15) is 0 Å². The Labute approximate surface area is 171 Å². The van der Waals surface area contributed by atoms with Crippen LogP contribution in [0.1, 0.15) is 44.1 Å². The van der Waals surface area contributed by atoms with Crippen molar-refractivity contribution < 1.29 is 4.74 Å². The summed E-state index contributed by atoms with van der Waals surface area (Å²) in [6, 6.07) is 20.2. The molecule has 3 atom stereocenters. The second kappa shape index (κ2) is 9.39. The van der Waals surface area contributed by atoms with Gasteiger partial charge in [-0.05, 0) is 82.2 Å². The predicted molar refractivity (Wildman–Crippen MR) is 119 cm³/mol. The summed E-state index contributed by atoms with van der Waals surface area (Å²) < 4.78 is 11.4. The van der Waals surface area contributed by atoms with Crippen molar-refractivity contribution in [3.05, 3.63) is 60.2 Å². The zero-order valence-electron chi connectivity index (χ0n) is 17.3. The molecule has 1 saturated carbocycles. The van der Waals surface area contributed by atoms with Crippen molar-refractivity contribution in [2.75, 3.05) is 20.3 Å². The molecule has 0 amide bonds. The molecule has 2 aromatic rings. The molecule has 4 rings (SSSR count). The van der Waals surface area contributed by atoms with Gasteiger partial charge in [-0.15, -0.1) is 0 Å². The number of unbranched alkanes of at least 4 members (excludes halogenated alkanes) is 1. The van der Waals surface area contributed by atoms with Crippen LogP contribution in [-0.2, 0) is 6.42 Å². The summed E-state index contributed by atoms with van der Waals surface area (Å²) in [5.74, 6) is 1.84. The largest absolute Gasteiger partial charge is 0.457 e. The number of ether oxygens (including phenoxy) is 1. The third kappa shape index (κ3) is 4.59. The molecule has 0 radical (unpaired) electrons. The molecule has 4 heteroatoms. The minimum Gasteiger partial charge on any atom is -0.457 e. The highest BCUT2D eigenvalue weighted by Crippen LogP contribution is 2.55. The van der Waals surface area contributed by atoms with Crippen LogP contribution < -0.4 is 4.74 Å². The van der Waals surface area contributed by atoms with Gasteiger partial charge in [0.15, 0.2) is 0 Å². The number of hydrogen-bond acceptors (Lipinski definition) is 3. The zero-order valence-corrected chi connectivity index (χ0v) is 18.2. The Bertz CT molecular complexity index is 735. The number of aryl methyl sites for hydroxylation is 1. The second-order valence-electron chi connectivity index (χ2n) is 8.18. The van der Waals surface area contributed by atoms with Crippen molar-refractivity contribution in [2.24, 2.45) is 0 Å². The number of para-hydroxylation sites is 1. The fourth-order valence-electron chi connectivity index (χ4n) is 4.82. The molecule has 0 N–H and O–H groups in total. The molecule has 2 aromatic carbocycles. The number of fused-ring (bicyclic) bond motifs is 1. The molecule has 2 unspecified atom stereocenters. The minimum atomic E-state index is -0.0960. The molecule has 1 aliphatic carbocycles. The molecule has 1 saturated heterocycles. The number of rotatable bonds is 7. The standard InChI is InChI=1S/C24H33N2OP/c1-25-23-16-6-7-17-24(23)26(2)28(25)18-9-8-11-20-12-10-15-22(19-20)27-21-13-4-3-5-14-21/h3-5,10,12-15,19,23-24H,6-9,11,16-18H2,1-2H3/t23-,24?,28?/m1/s1. The van der Waals surface area contributed by atoms with E-state index in [1.165, 1.54) is 50.3 Å². The maximum Gasteiger partial charge on any atom is 0.127 e. The van der Waals surface area contributed by atoms with E-state index in [-0.39, 0.29) is 8.22 Å². The molecular weight excluding hydrogens is 363 g/mol. The summed E-state index contributed by atoms with van der Waals surface area (Å²) in [4.78, 5) is 0. The minimum absolute atomic E-state index is 0.0960. The van der Waals surface area contributed by atoms with Crippen molar-refractivity contribution in [1.82, 2.24) is 9.34 Å². The average molecular weight is 397 g/mol. The molecular formula is C24H33N2OP. The monoisotopic (exact) mass is 396 g/mol. The van der Waals surface area contributed by atoms with Gasteiger partial charge in [0.1, 0.15) is 11.5 Å². The molecule has 2 fully saturated rings. The lowest BCUT2D eigenvalue weighted by atomic mass is 9.91. The third-order valence-electron chi connectivity index (χ3n) is 6.33. The summed E-state index contributed by atoms with van der Waals surface area (Å²) >= 11 is 0. The van der Waals surface area contributed by atoms with Crippen molar-refractivity contribution >= 4 is 8.22 Å². The first-order chi connectivity index (χ1) is 13.7. The van der Waals surface area contributed by atoms with Crippen LogP contribution in [0.2, 0.25) is 0 Å². The van der Waals surface area contributed by atoms with Gasteiger partial charge in [-0.25, -0.2) is 0 Å². The molecule has 0 aromatic heterocycles. The molecule has 1 aliphatic heterocycles. The highest BCUT2D eigenvalue weighted by molar-refractivity contribution is 7.53. The van der Waals surface area contributed by atoms with Crippen LogP contribution in [0.4, 0.5) is 0 Å². The van der Waals surface area contributed by atoms with Crippen LogP contribution in [0, 0.1) is 0 Å². The Hall–Kier alpha value is -1.41. The van der Waals surface area contributed by atoms with Gasteiger partial charge in [0.25, 0.3) is 0 Å². The van der Waals surface area contributed by atoms with Crippen molar-refractivity contribution in [2.45, 2.75) is 57.0 Å². The average Bonchev–Trinajstić information content (AvgIpc) is 2.97. The Morgan fingerprint density at radius 3 is 2.25 bits per heavy atom. The van der Waals surface area contributed by atoms with Gasteiger partial charge in [-0.2, -0.15) is 0 Å². The van der Waals surface area contributed by atoms with Gasteiger partial charge >= 0.3 is 0 Å². The number of nitrogens with zero attached hydrogens (tertiary/aromatic N) is 2. The number of hydrogen-bond donors (Lipinski definition) is 0. The van der Waals surface area contributed by atoms with E-state index in [2.05, 4.69) is 41.6 Å². The maximum atomic E-state index is 5.98. The SMILES string of the molecule is CN1C2CCCC[C@H]2N(C)P1CCCCc1cccc(Oc2ccccc2)c1. The number of benzene rings is 2. The van der Waals surface area contributed by atoms with Crippen molar-refractivity contribution in [3.63, 3.8) is 0 Å². The maximum absolute atomic E-state index is 5.98. The van der Waals surface area contributed by atoms with Gasteiger partial charge in [-0.3, -0.25) is 9.34 Å². The lowest BCUT2D eigenvalue weighted by Crippen LogP contribution is -2.37. The Balaban J connectivity index is 1.26. The highest BCUT2D eigenvalue weighted by atomic mass is 31.1. The third-order valence-corrected chi connectivity index (χ3v) is 9.10. The second-order valence-corrected chi connectivity index (χ2v) is 10.6. The van der Waals surface area contributed by atoms with Gasteiger partial charge in [0, 0.05) is 20.3 Å². The van der Waals surface area contributed by atoms with E-state index in [0.717, 1.165) is 30.0 Å². The van der Waals surface area contributed by atoms with Crippen LogP contribution in [0.3, 0.4) is 0 Å². The summed E-state index contributed by atoms with van der Waals surface area (Å²) in [5.41, 5.74) is 1.38. The van der Waals surface area contributed by atoms with E-state index in [1.807, 2.05) is 36.4 Å². The predicted octanol–water partition coefficient (Wildman–Crippen LogP) is 6.30. The van der Waals surface area contributed by atoms with Crippen LogP contribution in [0.15, 0.2) is 54.6 Å². The van der Waals surface area contributed by atoms with Gasteiger partial charge < -0.3 is 4.74 Å². The molecule has 150 valence electrons. The highest BCUT2D eigenvalue weighted by Gasteiger charge is 2.43. The Morgan fingerprint density at radius 1 is 0.857 bits per heavy atom. The lowest BCUT2D eigenvalue weighted by molar-refractivity contribution is 0.233. The summed E-state index contributed by atoms with van der Waals surface area (Å²) in [6.45, 7) is 0. The smallest absolute Gasteiger partial charge is 0.127 e. The zero-order chi connectivity index (χ0) is 19.3. The lowest BCUT2D eigenvalue weighted by Gasteiger charge is -2.29. The fraction of sp³-hybridized carbons (Fsp3) is 0.500. The van der Waals surface area contributed by atoms with Gasteiger partial charge in [-0.1, -0.05) is 43.2 Å². The molecule has 0 bridgehead atoms. The fourth-order valence-corrected chi connectivity index (χ4v) is 7.62.